The maximum atomic E-state index is 11.9. The quantitative estimate of drug-likeness (QED) is 0.808. The van der Waals surface area contributed by atoms with Crippen LogP contribution in [0.4, 0.5) is 0 Å². The third-order valence-corrected chi connectivity index (χ3v) is 2.79. The lowest BCUT2D eigenvalue weighted by Gasteiger charge is -2.12. The highest BCUT2D eigenvalue weighted by Crippen LogP contribution is 2.18. The standard InChI is InChI=1S/C15H16N2O/c1-11-13(15(18)17(2)3)9-10-14(16-11)12-7-5-4-6-8-12/h4-10H,1-3H3. The first-order chi connectivity index (χ1) is 8.59. The first-order valence-corrected chi connectivity index (χ1v) is 5.84. The van der Waals surface area contributed by atoms with Crippen LogP contribution >= 0.6 is 0 Å². The lowest BCUT2D eigenvalue weighted by molar-refractivity contribution is 0.0826. The van der Waals surface area contributed by atoms with E-state index in [1.807, 2.05) is 49.4 Å². The van der Waals surface area contributed by atoms with E-state index in [1.54, 1.807) is 19.0 Å². The van der Waals surface area contributed by atoms with Crippen LogP contribution in [-0.2, 0) is 0 Å². The molecule has 1 heterocycles. The summed E-state index contributed by atoms with van der Waals surface area (Å²) in [7, 11) is 3.49. The second-order valence-electron chi connectivity index (χ2n) is 4.40. The van der Waals surface area contributed by atoms with Gasteiger partial charge in [-0.2, -0.15) is 0 Å². The zero-order valence-corrected chi connectivity index (χ0v) is 10.8. The van der Waals surface area contributed by atoms with E-state index in [0.717, 1.165) is 17.0 Å². The third kappa shape index (κ3) is 2.40. The molecule has 3 nitrogen and oxygen atoms in total. The highest BCUT2D eigenvalue weighted by atomic mass is 16.2. The van der Waals surface area contributed by atoms with E-state index in [4.69, 9.17) is 0 Å². The van der Waals surface area contributed by atoms with Gasteiger partial charge in [0, 0.05) is 19.7 Å². The second-order valence-corrected chi connectivity index (χ2v) is 4.40. The summed E-state index contributed by atoms with van der Waals surface area (Å²) in [4.78, 5) is 18.0. The number of rotatable bonds is 2. The Morgan fingerprint density at radius 3 is 2.28 bits per heavy atom. The van der Waals surface area contributed by atoms with E-state index in [0.29, 0.717) is 5.56 Å². The van der Waals surface area contributed by atoms with Crippen LogP contribution in [-0.4, -0.2) is 29.9 Å². The SMILES string of the molecule is Cc1nc(-c2ccccc2)ccc1C(=O)N(C)C. The summed E-state index contributed by atoms with van der Waals surface area (Å²) < 4.78 is 0. The number of benzene rings is 1. The highest BCUT2D eigenvalue weighted by Gasteiger charge is 2.12. The molecule has 0 saturated carbocycles. The van der Waals surface area contributed by atoms with Gasteiger partial charge in [-0.1, -0.05) is 30.3 Å². The molecule has 92 valence electrons. The largest absolute Gasteiger partial charge is 0.345 e. The summed E-state index contributed by atoms with van der Waals surface area (Å²) in [6, 6.07) is 13.7. The molecule has 0 unspecified atom stereocenters. The van der Waals surface area contributed by atoms with Crippen LogP contribution < -0.4 is 0 Å². The normalized spacial score (nSPS) is 10.2. The number of hydrogen-bond acceptors (Lipinski definition) is 2. The Balaban J connectivity index is 2.40. The topological polar surface area (TPSA) is 33.2 Å². The molecule has 0 spiro atoms. The van der Waals surface area contributed by atoms with Crippen molar-refractivity contribution in [1.29, 1.82) is 0 Å². The highest BCUT2D eigenvalue weighted by molar-refractivity contribution is 5.95. The first-order valence-electron chi connectivity index (χ1n) is 5.84. The predicted octanol–water partition coefficient (Wildman–Crippen LogP) is 2.76. The Labute approximate surface area is 107 Å². The van der Waals surface area contributed by atoms with Gasteiger partial charge >= 0.3 is 0 Å². The molecule has 0 atom stereocenters. The Hall–Kier alpha value is -2.16. The van der Waals surface area contributed by atoms with Crippen LogP contribution in [0.25, 0.3) is 11.3 Å². The van der Waals surface area contributed by atoms with Gasteiger partial charge in [-0.3, -0.25) is 9.78 Å². The summed E-state index contributed by atoms with van der Waals surface area (Å²) in [5.74, 6) is -0.0142. The molecule has 0 aliphatic rings. The fourth-order valence-electron chi connectivity index (χ4n) is 1.80. The molecule has 0 aliphatic heterocycles. The maximum Gasteiger partial charge on any atom is 0.255 e. The van der Waals surface area contributed by atoms with Crippen molar-refractivity contribution in [1.82, 2.24) is 9.88 Å². The molecule has 0 saturated heterocycles. The zero-order chi connectivity index (χ0) is 13.1. The van der Waals surface area contributed by atoms with E-state index < -0.39 is 0 Å². The minimum atomic E-state index is -0.0142. The number of carbonyl (C=O) groups is 1. The molecule has 1 aromatic carbocycles. The summed E-state index contributed by atoms with van der Waals surface area (Å²) in [5, 5.41) is 0. The van der Waals surface area contributed by atoms with Gasteiger partial charge in [0.2, 0.25) is 0 Å². The molecule has 3 heteroatoms. The smallest absolute Gasteiger partial charge is 0.255 e. The Morgan fingerprint density at radius 2 is 1.72 bits per heavy atom. The molecular weight excluding hydrogens is 224 g/mol. The number of pyridine rings is 1. The van der Waals surface area contributed by atoms with Crippen LogP contribution in [0.5, 0.6) is 0 Å². The van der Waals surface area contributed by atoms with Gasteiger partial charge in [-0.15, -0.1) is 0 Å². The summed E-state index contributed by atoms with van der Waals surface area (Å²) >= 11 is 0. The van der Waals surface area contributed by atoms with Crippen molar-refractivity contribution < 1.29 is 4.79 Å². The molecule has 1 amide bonds. The van der Waals surface area contributed by atoms with Crippen molar-refractivity contribution in [2.75, 3.05) is 14.1 Å². The molecular formula is C15H16N2O. The number of hydrogen-bond donors (Lipinski definition) is 0. The van der Waals surface area contributed by atoms with Crippen molar-refractivity contribution >= 4 is 5.91 Å². The van der Waals surface area contributed by atoms with E-state index in [-0.39, 0.29) is 5.91 Å². The monoisotopic (exact) mass is 240 g/mol. The first kappa shape index (κ1) is 12.3. The van der Waals surface area contributed by atoms with Gasteiger partial charge in [-0.05, 0) is 19.1 Å². The van der Waals surface area contributed by atoms with Gasteiger partial charge in [0.25, 0.3) is 5.91 Å². The minimum Gasteiger partial charge on any atom is -0.345 e. The Bertz CT molecular complexity index is 562. The summed E-state index contributed by atoms with van der Waals surface area (Å²) in [5.41, 5.74) is 3.36. The molecule has 0 bridgehead atoms. The van der Waals surface area contributed by atoms with Gasteiger partial charge in [0.1, 0.15) is 0 Å². The molecule has 2 aromatic rings. The van der Waals surface area contributed by atoms with E-state index in [2.05, 4.69) is 4.98 Å². The molecule has 1 aromatic heterocycles. The fraction of sp³-hybridized carbons (Fsp3) is 0.200. The zero-order valence-electron chi connectivity index (χ0n) is 10.8. The van der Waals surface area contributed by atoms with Crippen molar-refractivity contribution in [2.24, 2.45) is 0 Å². The van der Waals surface area contributed by atoms with Crippen molar-refractivity contribution in [3.8, 4) is 11.3 Å². The van der Waals surface area contributed by atoms with Crippen molar-refractivity contribution in [2.45, 2.75) is 6.92 Å². The van der Waals surface area contributed by atoms with Crippen LogP contribution in [0.3, 0.4) is 0 Å². The number of amides is 1. The molecule has 0 aliphatic carbocycles. The average Bonchev–Trinajstić information content (AvgIpc) is 2.38. The van der Waals surface area contributed by atoms with E-state index in [9.17, 15) is 4.79 Å². The van der Waals surface area contributed by atoms with Gasteiger partial charge in [-0.25, -0.2) is 0 Å². The molecule has 2 rings (SSSR count). The molecule has 0 N–H and O–H groups in total. The van der Waals surface area contributed by atoms with Crippen molar-refractivity contribution in [3.05, 3.63) is 53.7 Å². The Morgan fingerprint density at radius 1 is 1.06 bits per heavy atom. The predicted molar refractivity (Wildman–Crippen MR) is 72.4 cm³/mol. The Kier molecular flexibility index (Phi) is 3.42. The van der Waals surface area contributed by atoms with Crippen molar-refractivity contribution in [3.63, 3.8) is 0 Å². The second kappa shape index (κ2) is 5.00. The van der Waals surface area contributed by atoms with Gasteiger partial charge in [0.05, 0.1) is 17.0 Å². The van der Waals surface area contributed by atoms with Gasteiger partial charge < -0.3 is 4.90 Å². The molecule has 0 radical (unpaired) electrons. The molecule has 18 heavy (non-hydrogen) atoms. The van der Waals surface area contributed by atoms with Crippen LogP contribution in [0.2, 0.25) is 0 Å². The maximum absolute atomic E-state index is 11.9. The number of aromatic nitrogens is 1. The van der Waals surface area contributed by atoms with Crippen LogP contribution in [0, 0.1) is 6.92 Å². The lowest BCUT2D eigenvalue weighted by atomic mass is 10.1. The molecule has 0 fully saturated rings. The van der Waals surface area contributed by atoms with Crippen LogP contribution in [0.15, 0.2) is 42.5 Å². The van der Waals surface area contributed by atoms with E-state index >= 15 is 0 Å². The summed E-state index contributed by atoms with van der Waals surface area (Å²) in [6.45, 7) is 1.86. The number of nitrogens with zero attached hydrogens (tertiary/aromatic N) is 2. The minimum absolute atomic E-state index is 0.0142. The van der Waals surface area contributed by atoms with E-state index in [1.165, 1.54) is 0 Å². The third-order valence-electron chi connectivity index (χ3n) is 2.79. The number of carbonyl (C=O) groups excluding carboxylic acids is 1. The van der Waals surface area contributed by atoms with Gasteiger partial charge in [0.15, 0.2) is 0 Å². The van der Waals surface area contributed by atoms with Crippen LogP contribution in [0.1, 0.15) is 16.1 Å². The number of aryl methyl sites for hydroxylation is 1. The average molecular weight is 240 g/mol. The summed E-state index contributed by atoms with van der Waals surface area (Å²) in [6.07, 6.45) is 0. The fourth-order valence-corrected chi connectivity index (χ4v) is 1.80. The lowest BCUT2D eigenvalue weighted by Crippen LogP contribution is -2.22.